The number of nitrogens with two attached hydrogens (primary N) is 3. The van der Waals surface area contributed by atoms with Crippen LogP contribution in [0, 0.1) is 0 Å². The van der Waals surface area contributed by atoms with Gasteiger partial charge in [-0.3, -0.25) is 19.2 Å². The number of H-pyrrole nitrogens is 1. The molecule has 0 saturated heterocycles. The number of amides is 4. The number of hydrogen-bond acceptors (Lipinski definition) is 7. The monoisotopic (exact) mass is 607 g/mol. The lowest BCUT2D eigenvalue weighted by Gasteiger charge is -2.25. The maximum atomic E-state index is 13.8. The fraction of sp³-hybridized carbons (Fsp3) is 0.387. The van der Waals surface area contributed by atoms with Crippen molar-refractivity contribution in [2.24, 2.45) is 17.2 Å². The first-order valence-electron chi connectivity index (χ1n) is 14.6. The lowest BCUT2D eigenvalue weighted by Crippen LogP contribution is -2.58. The van der Waals surface area contributed by atoms with Crippen LogP contribution in [0.15, 0.2) is 60.8 Å². The van der Waals surface area contributed by atoms with Gasteiger partial charge < -0.3 is 43.2 Å². The Bertz CT molecular complexity index is 1430. The maximum absolute atomic E-state index is 13.8. The minimum absolute atomic E-state index is 0.0346. The SMILES string of the molecule is NCCCCC(N)C(=O)NC(Cc1c[nH]c2ccccc12)C(=O)NC(Cc1ccccc1)C(=O)NC(CCC(N)=O)C(=O)O. The van der Waals surface area contributed by atoms with Gasteiger partial charge in [0, 0.05) is 36.4 Å². The Morgan fingerprint density at radius 2 is 1.39 bits per heavy atom. The van der Waals surface area contributed by atoms with Crippen molar-refractivity contribution in [3.63, 3.8) is 0 Å². The van der Waals surface area contributed by atoms with Crippen LogP contribution in [0.1, 0.15) is 43.2 Å². The number of nitrogens with one attached hydrogen (secondary N) is 4. The Labute approximate surface area is 255 Å². The number of aliphatic carboxylic acids is 1. The van der Waals surface area contributed by atoms with E-state index in [4.69, 9.17) is 17.2 Å². The number of rotatable bonds is 18. The fourth-order valence-electron chi connectivity index (χ4n) is 4.80. The van der Waals surface area contributed by atoms with Crippen molar-refractivity contribution in [2.75, 3.05) is 6.54 Å². The van der Waals surface area contributed by atoms with Gasteiger partial charge in [-0.05, 0) is 43.0 Å². The Balaban J connectivity index is 1.86. The highest BCUT2D eigenvalue weighted by atomic mass is 16.4. The van der Waals surface area contributed by atoms with Gasteiger partial charge in [0.15, 0.2) is 0 Å². The molecule has 4 atom stereocenters. The second-order valence-electron chi connectivity index (χ2n) is 10.7. The van der Waals surface area contributed by atoms with E-state index in [0.717, 1.165) is 16.5 Å². The fourth-order valence-corrected chi connectivity index (χ4v) is 4.80. The highest BCUT2D eigenvalue weighted by Gasteiger charge is 2.31. The van der Waals surface area contributed by atoms with E-state index >= 15 is 0 Å². The van der Waals surface area contributed by atoms with Crippen molar-refractivity contribution in [1.82, 2.24) is 20.9 Å². The summed E-state index contributed by atoms with van der Waals surface area (Å²) in [6, 6.07) is 11.8. The summed E-state index contributed by atoms with van der Waals surface area (Å²) >= 11 is 0. The molecule has 2 aromatic carbocycles. The van der Waals surface area contributed by atoms with Crippen LogP contribution in [0.2, 0.25) is 0 Å². The molecular formula is C31H41N7O6. The number of benzene rings is 2. The van der Waals surface area contributed by atoms with Gasteiger partial charge in [0.1, 0.15) is 18.1 Å². The molecule has 236 valence electrons. The standard InChI is InChI=1S/C31H41N7O6/c32-15-7-6-11-22(33)28(40)37-26(17-20-18-35-23-12-5-4-10-21(20)23)30(42)38-25(16-19-8-2-1-3-9-19)29(41)36-24(31(43)44)13-14-27(34)39/h1-5,8-10,12,18,22,24-26,35H,6-7,11,13-17,32-33H2,(H2,34,39)(H,36,41)(H,37,40)(H,38,42)(H,43,44). The van der Waals surface area contributed by atoms with Crippen LogP contribution in [0.5, 0.6) is 0 Å². The van der Waals surface area contributed by atoms with E-state index < -0.39 is 53.8 Å². The summed E-state index contributed by atoms with van der Waals surface area (Å²) < 4.78 is 0. The maximum Gasteiger partial charge on any atom is 0.326 e. The number of aromatic amines is 1. The van der Waals surface area contributed by atoms with Crippen LogP contribution in [-0.4, -0.2) is 70.4 Å². The molecule has 44 heavy (non-hydrogen) atoms. The highest BCUT2D eigenvalue weighted by molar-refractivity contribution is 5.95. The largest absolute Gasteiger partial charge is 0.480 e. The van der Waals surface area contributed by atoms with Gasteiger partial charge in [0.25, 0.3) is 0 Å². The molecule has 0 fully saturated rings. The summed E-state index contributed by atoms with van der Waals surface area (Å²) in [5.41, 5.74) is 19.1. The van der Waals surface area contributed by atoms with Gasteiger partial charge in [-0.2, -0.15) is 0 Å². The van der Waals surface area contributed by atoms with Gasteiger partial charge in [-0.1, -0.05) is 55.0 Å². The van der Waals surface area contributed by atoms with Crippen LogP contribution < -0.4 is 33.2 Å². The van der Waals surface area contributed by atoms with E-state index in [1.54, 1.807) is 36.5 Å². The minimum Gasteiger partial charge on any atom is -0.480 e. The average Bonchev–Trinajstić information content (AvgIpc) is 3.41. The van der Waals surface area contributed by atoms with Crippen LogP contribution in [0.3, 0.4) is 0 Å². The second-order valence-corrected chi connectivity index (χ2v) is 10.7. The molecule has 11 N–H and O–H groups in total. The third kappa shape index (κ3) is 10.2. The van der Waals surface area contributed by atoms with Crippen molar-refractivity contribution in [2.45, 2.75) is 69.1 Å². The lowest BCUT2D eigenvalue weighted by atomic mass is 10.0. The summed E-state index contributed by atoms with van der Waals surface area (Å²) in [4.78, 5) is 66.5. The summed E-state index contributed by atoms with van der Waals surface area (Å²) in [6.07, 6.45) is 3.13. The zero-order valence-corrected chi connectivity index (χ0v) is 24.5. The molecule has 0 bridgehead atoms. The van der Waals surface area contributed by atoms with Crippen LogP contribution in [0.25, 0.3) is 10.9 Å². The molecule has 1 heterocycles. The number of para-hydroxylation sites is 1. The van der Waals surface area contributed by atoms with E-state index in [1.807, 2.05) is 24.3 Å². The van der Waals surface area contributed by atoms with Crippen LogP contribution >= 0.6 is 0 Å². The van der Waals surface area contributed by atoms with Crippen molar-refractivity contribution >= 4 is 40.5 Å². The Morgan fingerprint density at radius 3 is 2.05 bits per heavy atom. The van der Waals surface area contributed by atoms with E-state index in [9.17, 15) is 29.1 Å². The Morgan fingerprint density at radius 1 is 0.773 bits per heavy atom. The number of hydrogen-bond donors (Lipinski definition) is 8. The number of fused-ring (bicyclic) bond motifs is 1. The molecule has 0 aliphatic carbocycles. The van der Waals surface area contributed by atoms with E-state index in [2.05, 4.69) is 20.9 Å². The summed E-state index contributed by atoms with van der Waals surface area (Å²) in [5, 5.41) is 18.3. The minimum atomic E-state index is -1.40. The van der Waals surface area contributed by atoms with E-state index in [0.29, 0.717) is 31.4 Å². The quantitative estimate of drug-likeness (QED) is 0.0929. The molecular weight excluding hydrogens is 566 g/mol. The molecule has 0 aliphatic rings. The predicted molar refractivity (Wildman–Crippen MR) is 165 cm³/mol. The van der Waals surface area contributed by atoms with Gasteiger partial charge >= 0.3 is 5.97 Å². The lowest BCUT2D eigenvalue weighted by molar-refractivity contribution is -0.142. The molecule has 0 aliphatic heterocycles. The number of unbranched alkanes of at least 4 members (excludes halogenated alkanes) is 1. The molecule has 0 saturated carbocycles. The predicted octanol–water partition coefficient (Wildman–Crippen LogP) is 0.214. The van der Waals surface area contributed by atoms with Crippen molar-refractivity contribution < 1.29 is 29.1 Å². The number of carboxylic acid groups (broad SMARTS) is 1. The second kappa shape index (κ2) is 16.8. The molecule has 0 radical (unpaired) electrons. The zero-order chi connectivity index (χ0) is 32.1. The summed E-state index contributed by atoms with van der Waals surface area (Å²) in [7, 11) is 0. The first-order valence-corrected chi connectivity index (χ1v) is 14.6. The van der Waals surface area contributed by atoms with Gasteiger partial charge in [0.05, 0.1) is 6.04 Å². The molecule has 1 aromatic heterocycles. The zero-order valence-electron chi connectivity index (χ0n) is 24.5. The molecule has 4 amide bonds. The average molecular weight is 608 g/mol. The summed E-state index contributed by atoms with van der Waals surface area (Å²) in [5.74, 6) is -4.01. The topological polar surface area (TPSA) is 236 Å². The van der Waals surface area contributed by atoms with E-state index in [1.165, 1.54) is 0 Å². The normalized spacial score (nSPS) is 13.8. The van der Waals surface area contributed by atoms with Gasteiger partial charge in [-0.15, -0.1) is 0 Å². The molecule has 3 rings (SSSR count). The van der Waals surface area contributed by atoms with Crippen LogP contribution in [0.4, 0.5) is 0 Å². The Kier molecular flexibility index (Phi) is 12.9. The molecule has 4 unspecified atom stereocenters. The Hall–Kier alpha value is -4.75. The highest BCUT2D eigenvalue weighted by Crippen LogP contribution is 2.19. The molecule has 3 aromatic rings. The number of carboxylic acids is 1. The molecule has 0 spiro atoms. The summed E-state index contributed by atoms with van der Waals surface area (Å²) in [6.45, 7) is 0.468. The molecule has 13 nitrogen and oxygen atoms in total. The molecule has 13 heteroatoms. The third-order valence-corrected chi connectivity index (χ3v) is 7.25. The first-order chi connectivity index (χ1) is 21.1. The number of carbonyl (C=O) groups excluding carboxylic acids is 4. The van der Waals surface area contributed by atoms with E-state index in [-0.39, 0.29) is 25.7 Å². The van der Waals surface area contributed by atoms with Crippen molar-refractivity contribution in [3.05, 3.63) is 71.9 Å². The number of aromatic nitrogens is 1. The van der Waals surface area contributed by atoms with Gasteiger partial charge in [0.2, 0.25) is 23.6 Å². The van der Waals surface area contributed by atoms with Crippen LogP contribution in [-0.2, 0) is 36.8 Å². The number of carbonyl (C=O) groups is 5. The number of primary amides is 1. The van der Waals surface area contributed by atoms with Crippen molar-refractivity contribution in [1.29, 1.82) is 0 Å². The third-order valence-electron chi connectivity index (χ3n) is 7.25. The smallest absolute Gasteiger partial charge is 0.326 e. The van der Waals surface area contributed by atoms with Gasteiger partial charge in [-0.25, -0.2) is 4.79 Å². The first kappa shape index (κ1) is 33.7. The van der Waals surface area contributed by atoms with Crippen molar-refractivity contribution in [3.8, 4) is 0 Å².